The minimum absolute atomic E-state index is 0.00372. The quantitative estimate of drug-likeness (QED) is 0.667. The number of anilines is 2. The maximum atomic E-state index is 12.7. The van der Waals surface area contributed by atoms with Crippen molar-refractivity contribution in [3.8, 4) is 0 Å². The number of nitrogens with one attached hydrogen (secondary N) is 2. The van der Waals surface area contributed by atoms with Crippen LogP contribution in [-0.4, -0.2) is 72.6 Å². The van der Waals surface area contributed by atoms with Crippen LogP contribution in [0.15, 0.2) is 41.8 Å². The molecule has 3 atom stereocenters. The number of carbonyl (C=O) groups excluding carboxylic acids is 2. The van der Waals surface area contributed by atoms with Gasteiger partial charge in [-0.2, -0.15) is 0 Å². The maximum Gasteiger partial charge on any atom is 0.265 e. The highest BCUT2D eigenvalue weighted by atomic mass is 32.1. The molecular weight excluding hydrogens is 424 g/mol. The highest BCUT2D eigenvalue weighted by molar-refractivity contribution is 7.12. The summed E-state index contributed by atoms with van der Waals surface area (Å²) in [7, 11) is 0. The second-order valence-corrected chi connectivity index (χ2v) is 9.75. The van der Waals surface area contributed by atoms with Crippen LogP contribution >= 0.6 is 11.3 Å². The number of morpholine rings is 1. The van der Waals surface area contributed by atoms with E-state index in [0.717, 1.165) is 44.7 Å². The van der Waals surface area contributed by atoms with E-state index in [1.54, 1.807) is 18.2 Å². The lowest BCUT2D eigenvalue weighted by atomic mass is 10.1. The minimum Gasteiger partial charge on any atom is -0.373 e. The fourth-order valence-corrected chi connectivity index (χ4v) is 5.28. The molecule has 4 rings (SSSR count). The summed E-state index contributed by atoms with van der Waals surface area (Å²) in [6, 6.07) is 11.3. The van der Waals surface area contributed by atoms with Crippen molar-refractivity contribution in [1.29, 1.82) is 0 Å². The molecule has 0 saturated carbocycles. The van der Waals surface area contributed by atoms with Gasteiger partial charge in [0.25, 0.3) is 5.91 Å². The number of benzene rings is 1. The second kappa shape index (κ2) is 10.6. The number of carbonyl (C=O) groups is 2. The highest BCUT2D eigenvalue weighted by Crippen LogP contribution is 2.21. The molecule has 2 aliphatic rings. The Bertz CT molecular complexity index is 892. The molecule has 32 heavy (non-hydrogen) atoms. The van der Waals surface area contributed by atoms with Crippen LogP contribution in [0.2, 0.25) is 0 Å². The largest absolute Gasteiger partial charge is 0.373 e. The van der Waals surface area contributed by atoms with E-state index >= 15 is 0 Å². The van der Waals surface area contributed by atoms with Gasteiger partial charge in [0.15, 0.2) is 0 Å². The standard InChI is InChI=1S/C24H32N4O3S/c1-17-13-27(14-18(2)31-17)15-21-5-3-11-28(21)16-23(29)25-19-7-9-20(10-8-19)26-24(30)22-6-4-12-32-22/h4,6-10,12,17-18,21H,3,5,11,13-16H2,1-2H3,(H,25,29)(H,26,30). The van der Waals surface area contributed by atoms with Crippen LogP contribution in [0.25, 0.3) is 0 Å². The summed E-state index contributed by atoms with van der Waals surface area (Å²) in [5, 5.41) is 7.74. The van der Waals surface area contributed by atoms with Crippen LogP contribution in [-0.2, 0) is 9.53 Å². The van der Waals surface area contributed by atoms with Gasteiger partial charge in [0, 0.05) is 37.1 Å². The van der Waals surface area contributed by atoms with Gasteiger partial charge >= 0.3 is 0 Å². The van der Waals surface area contributed by atoms with E-state index in [9.17, 15) is 9.59 Å². The lowest BCUT2D eigenvalue weighted by molar-refractivity contribution is -0.117. The summed E-state index contributed by atoms with van der Waals surface area (Å²) in [4.78, 5) is 30.3. The maximum absolute atomic E-state index is 12.7. The summed E-state index contributed by atoms with van der Waals surface area (Å²) in [5.74, 6) is -0.128. The first-order chi connectivity index (χ1) is 15.5. The molecule has 0 radical (unpaired) electrons. The molecule has 2 aliphatic heterocycles. The fourth-order valence-electron chi connectivity index (χ4n) is 4.66. The first-order valence-corrected chi connectivity index (χ1v) is 12.2. The normalized spacial score (nSPS) is 24.4. The third-order valence-electron chi connectivity index (χ3n) is 5.98. The summed E-state index contributed by atoms with van der Waals surface area (Å²) >= 11 is 1.40. The smallest absolute Gasteiger partial charge is 0.265 e. The number of rotatable bonds is 7. The molecule has 2 aromatic rings. The zero-order chi connectivity index (χ0) is 22.5. The van der Waals surface area contributed by atoms with Gasteiger partial charge in [0.05, 0.1) is 23.6 Å². The van der Waals surface area contributed by atoms with Crippen LogP contribution in [0, 0.1) is 0 Å². The zero-order valence-electron chi connectivity index (χ0n) is 18.8. The van der Waals surface area contributed by atoms with Gasteiger partial charge in [-0.3, -0.25) is 19.4 Å². The topological polar surface area (TPSA) is 73.9 Å². The van der Waals surface area contributed by atoms with E-state index in [1.807, 2.05) is 23.6 Å². The predicted octanol–water partition coefficient (Wildman–Crippen LogP) is 3.51. The van der Waals surface area contributed by atoms with Gasteiger partial charge in [-0.25, -0.2) is 0 Å². The molecule has 7 nitrogen and oxygen atoms in total. The summed E-state index contributed by atoms with van der Waals surface area (Å²) < 4.78 is 5.84. The number of ether oxygens (including phenoxy) is 1. The molecule has 0 bridgehead atoms. The predicted molar refractivity (Wildman–Crippen MR) is 128 cm³/mol. The van der Waals surface area contributed by atoms with Crippen molar-refractivity contribution in [2.75, 3.05) is 43.4 Å². The Morgan fingerprint density at radius 2 is 1.75 bits per heavy atom. The molecule has 2 amide bonds. The van der Waals surface area contributed by atoms with Crippen molar-refractivity contribution in [3.63, 3.8) is 0 Å². The number of hydrogen-bond acceptors (Lipinski definition) is 6. The van der Waals surface area contributed by atoms with E-state index in [0.29, 0.717) is 23.2 Å². The molecule has 0 aliphatic carbocycles. The molecule has 8 heteroatoms. The molecule has 2 saturated heterocycles. The van der Waals surface area contributed by atoms with Gasteiger partial charge in [-0.05, 0) is 68.9 Å². The van der Waals surface area contributed by atoms with E-state index in [2.05, 4.69) is 34.3 Å². The van der Waals surface area contributed by atoms with Crippen LogP contribution < -0.4 is 10.6 Å². The summed E-state index contributed by atoms with van der Waals surface area (Å²) in [6.07, 6.45) is 2.78. The van der Waals surface area contributed by atoms with Crippen molar-refractivity contribution in [2.24, 2.45) is 0 Å². The summed E-state index contributed by atoms with van der Waals surface area (Å²) in [5.41, 5.74) is 1.44. The number of likely N-dealkylation sites (tertiary alicyclic amines) is 1. The van der Waals surface area contributed by atoms with Crippen molar-refractivity contribution in [3.05, 3.63) is 46.7 Å². The Balaban J connectivity index is 1.26. The van der Waals surface area contributed by atoms with E-state index in [-0.39, 0.29) is 24.0 Å². The Morgan fingerprint density at radius 1 is 1.06 bits per heavy atom. The molecule has 3 heterocycles. The van der Waals surface area contributed by atoms with Crippen molar-refractivity contribution in [1.82, 2.24) is 9.80 Å². The van der Waals surface area contributed by atoms with Crippen molar-refractivity contribution in [2.45, 2.75) is 44.9 Å². The van der Waals surface area contributed by atoms with Crippen LogP contribution in [0.1, 0.15) is 36.4 Å². The molecular formula is C24H32N4O3S. The van der Waals surface area contributed by atoms with Crippen LogP contribution in [0.3, 0.4) is 0 Å². The van der Waals surface area contributed by atoms with E-state index < -0.39 is 0 Å². The lowest BCUT2D eigenvalue weighted by Gasteiger charge is -2.38. The Morgan fingerprint density at radius 3 is 2.41 bits per heavy atom. The Labute approximate surface area is 193 Å². The van der Waals surface area contributed by atoms with E-state index in [4.69, 9.17) is 4.74 Å². The molecule has 1 aromatic carbocycles. The molecule has 1 aromatic heterocycles. The average Bonchev–Trinajstić information content (AvgIpc) is 3.41. The Hall–Kier alpha value is -2.26. The molecule has 0 spiro atoms. The summed E-state index contributed by atoms with van der Waals surface area (Å²) in [6.45, 7) is 8.51. The van der Waals surface area contributed by atoms with E-state index in [1.165, 1.54) is 11.3 Å². The van der Waals surface area contributed by atoms with Crippen molar-refractivity contribution >= 4 is 34.5 Å². The van der Waals surface area contributed by atoms with Gasteiger partial charge in [-0.1, -0.05) is 6.07 Å². The van der Waals surface area contributed by atoms with Crippen molar-refractivity contribution < 1.29 is 14.3 Å². The Kier molecular flexibility index (Phi) is 7.57. The first kappa shape index (κ1) is 22.9. The number of nitrogens with zero attached hydrogens (tertiary/aromatic N) is 2. The lowest BCUT2D eigenvalue weighted by Crippen LogP contribution is -2.50. The van der Waals surface area contributed by atoms with Crippen LogP contribution in [0.5, 0.6) is 0 Å². The SMILES string of the molecule is CC1CN(CC2CCCN2CC(=O)Nc2ccc(NC(=O)c3cccs3)cc2)CC(C)O1. The number of thiophene rings is 1. The highest BCUT2D eigenvalue weighted by Gasteiger charge is 2.30. The molecule has 172 valence electrons. The second-order valence-electron chi connectivity index (χ2n) is 8.80. The first-order valence-electron chi connectivity index (χ1n) is 11.3. The molecule has 3 unspecified atom stereocenters. The molecule has 2 N–H and O–H groups in total. The van der Waals surface area contributed by atoms with Gasteiger partial charge in [0.2, 0.25) is 5.91 Å². The molecule has 2 fully saturated rings. The zero-order valence-corrected chi connectivity index (χ0v) is 19.6. The average molecular weight is 457 g/mol. The van der Waals surface area contributed by atoms with Gasteiger partial charge in [0.1, 0.15) is 0 Å². The van der Waals surface area contributed by atoms with Gasteiger partial charge in [-0.15, -0.1) is 11.3 Å². The van der Waals surface area contributed by atoms with Gasteiger partial charge < -0.3 is 15.4 Å². The number of hydrogen-bond donors (Lipinski definition) is 2. The number of amides is 2. The fraction of sp³-hybridized carbons (Fsp3) is 0.500. The monoisotopic (exact) mass is 456 g/mol. The minimum atomic E-state index is -0.124. The third kappa shape index (κ3) is 6.16. The third-order valence-corrected chi connectivity index (χ3v) is 6.85. The van der Waals surface area contributed by atoms with Crippen LogP contribution in [0.4, 0.5) is 11.4 Å².